The number of morpholine rings is 1. The van der Waals surface area contributed by atoms with E-state index in [-0.39, 0.29) is 42.0 Å². The van der Waals surface area contributed by atoms with Crippen LogP contribution in [0.1, 0.15) is 34.6 Å². The van der Waals surface area contributed by atoms with Gasteiger partial charge in [-0.05, 0) is 34.6 Å². The van der Waals surface area contributed by atoms with Crippen molar-refractivity contribution in [1.29, 1.82) is 0 Å². The molecule has 0 aromatic carbocycles. The van der Waals surface area contributed by atoms with Gasteiger partial charge in [-0.1, -0.05) is 0 Å². The number of nitrogens with two attached hydrogens (primary N) is 1. The smallest absolute Gasteiger partial charge is 0.0936 e. The van der Waals surface area contributed by atoms with Gasteiger partial charge in [-0.15, -0.1) is 0 Å². The van der Waals surface area contributed by atoms with Crippen LogP contribution in [0, 0.1) is 5.92 Å². The lowest BCUT2D eigenvalue weighted by Gasteiger charge is -2.39. The van der Waals surface area contributed by atoms with Gasteiger partial charge < -0.3 is 20.3 Å². The van der Waals surface area contributed by atoms with Gasteiger partial charge in [0, 0.05) is 31.6 Å². The first kappa shape index (κ1) is 16.2. The van der Waals surface area contributed by atoms with Crippen molar-refractivity contribution in [3.63, 3.8) is 0 Å². The Labute approximate surface area is 122 Å². The minimum atomic E-state index is -0.289. The van der Waals surface area contributed by atoms with Crippen molar-refractivity contribution < 1.29 is 14.6 Å². The summed E-state index contributed by atoms with van der Waals surface area (Å²) >= 11 is 0. The second kappa shape index (κ2) is 5.54. The van der Waals surface area contributed by atoms with E-state index in [0.717, 1.165) is 19.6 Å². The fraction of sp³-hybridized carbons (Fsp3) is 1.00. The molecule has 2 heterocycles. The number of aliphatic hydroxyl groups is 1. The molecule has 2 rings (SSSR count). The van der Waals surface area contributed by atoms with Gasteiger partial charge in [0.25, 0.3) is 0 Å². The molecular weight excluding hydrogens is 256 g/mol. The summed E-state index contributed by atoms with van der Waals surface area (Å²) in [6, 6.07) is 0.0169. The Morgan fingerprint density at radius 3 is 2.35 bits per heavy atom. The highest BCUT2D eigenvalue weighted by molar-refractivity contribution is 5.05. The van der Waals surface area contributed by atoms with E-state index in [0.29, 0.717) is 0 Å². The van der Waals surface area contributed by atoms with Crippen molar-refractivity contribution in [2.45, 2.75) is 64.1 Å². The van der Waals surface area contributed by atoms with E-state index < -0.39 is 0 Å². The van der Waals surface area contributed by atoms with Gasteiger partial charge >= 0.3 is 0 Å². The molecular formula is C15H30N2O3. The molecule has 0 bridgehead atoms. The Hall–Kier alpha value is -0.200. The zero-order chi connectivity index (χ0) is 15.1. The summed E-state index contributed by atoms with van der Waals surface area (Å²) in [4.78, 5) is 2.35. The maximum absolute atomic E-state index is 9.32. The van der Waals surface area contributed by atoms with Crippen molar-refractivity contribution in [1.82, 2.24) is 4.90 Å². The second-order valence-corrected chi connectivity index (χ2v) is 7.41. The van der Waals surface area contributed by atoms with Crippen LogP contribution in [-0.2, 0) is 9.47 Å². The van der Waals surface area contributed by atoms with Crippen molar-refractivity contribution in [2.24, 2.45) is 11.7 Å². The zero-order valence-electron chi connectivity index (χ0n) is 13.4. The van der Waals surface area contributed by atoms with Gasteiger partial charge in [-0.25, -0.2) is 0 Å². The van der Waals surface area contributed by atoms with Crippen LogP contribution >= 0.6 is 0 Å². The monoisotopic (exact) mass is 286 g/mol. The molecule has 0 aromatic rings. The third-order valence-electron chi connectivity index (χ3n) is 4.72. The van der Waals surface area contributed by atoms with E-state index in [1.54, 1.807) is 0 Å². The number of rotatable bonds is 3. The average molecular weight is 286 g/mol. The largest absolute Gasteiger partial charge is 0.394 e. The summed E-state index contributed by atoms with van der Waals surface area (Å²) < 4.78 is 11.8. The molecule has 4 atom stereocenters. The van der Waals surface area contributed by atoms with Crippen LogP contribution in [0.4, 0.5) is 0 Å². The topological polar surface area (TPSA) is 68.0 Å². The Kier molecular flexibility index (Phi) is 4.48. The first-order valence-corrected chi connectivity index (χ1v) is 7.60. The van der Waals surface area contributed by atoms with Gasteiger partial charge in [-0.2, -0.15) is 0 Å². The number of nitrogens with zero attached hydrogens (tertiary/aromatic N) is 1. The molecule has 0 radical (unpaired) electrons. The number of hydrogen-bond donors (Lipinski definition) is 2. The second-order valence-electron chi connectivity index (χ2n) is 7.41. The predicted octanol–water partition coefficient (Wildman–Crippen LogP) is 0.599. The lowest BCUT2D eigenvalue weighted by atomic mass is 9.82. The quantitative estimate of drug-likeness (QED) is 0.795. The van der Waals surface area contributed by atoms with Gasteiger partial charge in [0.1, 0.15) is 0 Å². The summed E-state index contributed by atoms with van der Waals surface area (Å²) in [6.45, 7) is 13.0. The van der Waals surface area contributed by atoms with Crippen molar-refractivity contribution >= 4 is 0 Å². The average Bonchev–Trinajstić information content (AvgIpc) is 2.47. The Morgan fingerprint density at radius 2 is 1.85 bits per heavy atom. The molecule has 0 aromatic heterocycles. The van der Waals surface area contributed by atoms with Gasteiger partial charge in [0.15, 0.2) is 0 Å². The van der Waals surface area contributed by atoms with Crippen LogP contribution in [0.25, 0.3) is 0 Å². The summed E-state index contributed by atoms with van der Waals surface area (Å²) in [5, 5.41) is 9.32. The molecule has 5 heteroatoms. The molecule has 4 unspecified atom stereocenters. The van der Waals surface area contributed by atoms with Crippen LogP contribution in [0.5, 0.6) is 0 Å². The number of hydrogen-bond acceptors (Lipinski definition) is 5. The molecule has 118 valence electrons. The highest BCUT2D eigenvalue weighted by Gasteiger charge is 2.52. The van der Waals surface area contributed by atoms with Crippen LogP contribution in [0.3, 0.4) is 0 Å². The van der Waals surface area contributed by atoms with E-state index in [1.165, 1.54) is 0 Å². The number of ether oxygens (including phenoxy) is 2. The van der Waals surface area contributed by atoms with E-state index >= 15 is 0 Å². The van der Waals surface area contributed by atoms with Crippen molar-refractivity contribution in [2.75, 3.05) is 26.2 Å². The fourth-order valence-corrected chi connectivity index (χ4v) is 3.74. The van der Waals surface area contributed by atoms with Crippen LogP contribution in [0.15, 0.2) is 0 Å². The third-order valence-corrected chi connectivity index (χ3v) is 4.72. The summed E-state index contributed by atoms with van der Waals surface area (Å²) in [5.41, 5.74) is 5.91. The Bertz CT molecular complexity index is 346. The van der Waals surface area contributed by atoms with Crippen LogP contribution < -0.4 is 5.73 Å². The van der Waals surface area contributed by atoms with Gasteiger partial charge in [-0.3, -0.25) is 4.90 Å². The van der Waals surface area contributed by atoms with Gasteiger partial charge in [0.2, 0.25) is 0 Å². The van der Waals surface area contributed by atoms with E-state index in [2.05, 4.69) is 39.5 Å². The van der Waals surface area contributed by atoms with Crippen molar-refractivity contribution in [3.8, 4) is 0 Å². The molecule has 0 spiro atoms. The zero-order valence-corrected chi connectivity index (χ0v) is 13.4. The summed E-state index contributed by atoms with van der Waals surface area (Å²) in [7, 11) is 0. The van der Waals surface area contributed by atoms with E-state index in [9.17, 15) is 5.11 Å². The molecule has 2 saturated heterocycles. The van der Waals surface area contributed by atoms with Gasteiger partial charge in [0.05, 0.1) is 30.0 Å². The predicted molar refractivity (Wildman–Crippen MR) is 78.6 cm³/mol. The normalized spacial score (nSPS) is 41.0. The maximum atomic E-state index is 9.32. The minimum absolute atomic E-state index is 0.0169. The Morgan fingerprint density at radius 1 is 1.20 bits per heavy atom. The highest BCUT2D eigenvalue weighted by atomic mass is 16.5. The summed E-state index contributed by atoms with van der Waals surface area (Å²) in [6.07, 6.45) is 0.0592. The Balaban J connectivity index is 2.05. The molecule has 2 aliphatic rings. The highest BCUT2D eigenvalue weighted by Crippen LogP contribution is 2.41. The molecule has 3 N–H and O–H groups in total. The van der Waals surface area contributed by atoms with Crippen LogP contribution in [-0.4, -0.2) is 65.7 Å². The molecule has 20 heavy (non-hydrogen) atoms. The molecule has 0 saturated carbocycles. The first-order valence-electron chi connectivity index (χ1n) is 7.60. The minimum Gasteiger partial charge on any atom is -0.394 e. The third kappa shape index (κ3) is 3.17. The van der Waals surface area contributed by atoms with E-state index in [1.807, 2.05) is 0 Å². The van der Waals surface area contributed by atoms with Crippen molar-refractivity contribution in [3.05, 3.63) is 0 Å². The maximum Gasteiger partial charge on any atom is 0.0936 e. The fourth-order valence-electron chi connectivity index (χ4n) is 3.74. The standard InChI is InChI=1S/C15H30N2O3/c1-10-6-17(7-11(9-18)19-10)8-12-13(16)15(4,5)20-14(12,2)3/h10-13,18H,6-9,16H2,1-5H3. The van der Waals surface area contributed by atoms with E-state index in [4.69, 9.17) is 15.2 Å². The molecule has 2 fully saturated rings. The number of aliphatic hydroxyl groups excluding tert-OH is 1. The molecule has 5 nitrogen and oxygen atoms in total. The summed E-state index contributed by atoms with van der Waals surface area (Å²) in [5.74, 6) is 0.280. The lowest BCUT2D eigenvalue weighted by Crippen LogP contribution is -2.54. The lowest BCUT2D eigenvalue weighted by molar-refractivity contribution is -0.107. The molecule has 2 aliphatic heterocycles. The first-order chi connectivity index (χ1) is 9.15. The molecule has 0 amide bonds. The SMILES string of the molecule is CC1CN(CC2C(N)C(C)(C)OC2(C)C)CC(CO)O1. The van der Waals surface area contributed by atoms with Crippen LogP contribution in [0.2, 0.25) is 0 Å². The molecule has 0 aliphatic carbocycles.